The van der Waals surface area contributed by atoms with E-state index in [2.05, 4.69) is 29.7 Å². The van der Waals surface area contributed by atoms with Gasteiger partial charge in [0.15, 0.2) is 0 Å². The van der Waals surface area contributed by atoms with Gasteiger partial charge in [0, 0.05) is 23.5 Å². The van der Waals surface area contributed by atoms with Crippen LogP contribution in [-0.2, 0) is 0 Å². The summed E-state index contributed by atoms with van der Waals surface area (Å²) >= 11 is 0. The van der Waals surface area contributed by atoms with Crippen LogP contribution in [0.4, 0.5) is 11.4 Å². The van der Waals surface area contributed by atoms with Gasteiger partial charge in [0.2, 0.25) is 0 Å². The van der Waals surface area contributed by atoms with Gasteiger partial charge in [0.1, 0.15) is 0 Å². The molecule has 1 amide bonds. The minimum absolute atomic E-state index is 0.0578. The molecular formula is C18H21N3O. The van der Waals surface area contributed by atoms with Crippen molar-refractivity contribution in [2.75, 3.05) is 11.1 Å². The highest BCUT2D eigenvalue weighted by molar-refractivity contribution is 6.00. The summed E-state index contributed by atoms with van der Waals surface area (Å²) in [6.07, 6.45) is 2.13. The van der Waals surface area contributed by atoms with Crippen LogP contribution in [-0.4, -0.2) is 11.9 Å². The van der Waals surface area contributed by atoms with E-state index in [4.69, 9.17) is 5.73 Å². The van der Waals surface area contributed by atoms with Gasteiger partial charge < -0.3 is 16.4 Å². The summed E-state index contributed by atoms with van der Waals surface area (Å²) in [5, 5.41) is 6.43. The number of carbonyl (C=O) groups excluding carboxylic acids is 1. The van der Waals surface area contributed by atoms with E-state index < -0.39 is 0 Å². The minimum atomic E-state index is -0.0578. The monoisotopic (exact) mass is 295 g/mol. The Balaban J connectivity index is 1.81. The molecule has 22 heavy (non-hydrogen) atoms. The molecule has 114 valence electrons. The first-order chi connectivity index (χ1) is 10.6. The van der Waals surface area contributed by atoms with E-state index >= 15 is 0 Å². The average Bonchev–Trinajstić information content (AvgIpc) is 3.33. The first-order valence-corrected chi connectivity index (χ1v) is 7.65. The molecule has 1 aliphatic rings. The largest absolute Gasteiger partial charge is 0.399 e. The highest BCUT2D eigenvalue weighted by atomic mass is 16.1. The van der Waals surface area contributed by atoms with E-state index in [9.17, 15) is 4.79 Å². The highest BCUT2D eigenvalue weighted by Crippen LogP contribution is 2.26. The highest BCUT2D eigenvalue weighted by Gasteiger charge is 2.25. The van der Waals surface area contributed by atoms with Crippen LogP contribution in [0.2, 0.25) is 0 Å². The predicted octanol–water partition coefficient (Wildman–Crippen LogP) is 3.33. The third-order valence-corrected chi connectivity index (χ3v) is 3.87. The summed E-state index contributed by atoms with van der Waals surface area (Å²) in [5.41, 5.74) is 9.03. The van der Waals surface area contributed by atoms with Crippen molar-refractivity contribution in [1.82, 2.24) is 5.32 Å². The quantitative estimate of drug-likeness (QED) is 0.741. The fourth-order valence-corrected chi connectivity index (χ4v) is 2.42. The zero-order valence-corrected chi connectivity index (χ0v) is 12.7. The number of carbonyl (C=O) groups is 1. The summed E-state index contributed by atoms with van der Waals surface area (Å²) in [7, 11) is 0. The van der Waals surface area contributed by atoms with Gasteiger partial charge in [0.25, 0.3) is 5.91 Å². The third-order valence-electron chi connectivity index (χ3n) is 3.87. The summed E-state index contributed by atoms with van der Waals surface area (Å²) in [4.78, 5) is 12.4. The van der Waals surface area contributed by atoms with Gasteiger partial charge in [-0.15, -0.1) is 0 Å². The van der Waals surface area contributed by atoms with Crippen molar-refractivity contribution in [3.8, 4) is 0 Å². The fraction of sp³-hybridized carbons (Fsp3) is 0.278. The van der Waals surface area contributed by atoms with Gasteiger partial charge in [-0.2, -0.15) is 0 Å². The van der Waals surface area contributed by atoms with Gasteiger partial charge in [-0.3, -0.25) is 4.79 Å². The molecule has 1 atom stereocenters. The maximum atomic E-state index is 12.4. The molecule has 3 rings (SSSR count). The summed E-state index contributed by atoms with van der Waals surface area (Å²) in [6.45, 7) is 2.08. The van der Waals surface area contributed by atoms with Crippen molar-refractivity contribution >= 4 is 17.3 Å². The molecule has 0 radical (unpaired) electrons. The van der Waals surface area contributed by atoms with E-state index in [0.717, 1.165) is 18.5 Å². The first-order valence-electron chi connectivity index (χ1n) is 7.65. The Morgan fingerprint density at radius 1 is 1.18 bits per heavy atom. The van der Waals surface area contributed by atoms with Crippen molar-refractivity contribution < 1.29 is 4.79 Å². The summed E-state index contributed by atoms with van der Waals surface area (Å²) in [5.74, 6) is -0.0578. The maximum Gasteiger partial charge on any atom is 0.253 e. The number of nitrogen functional groups attached to an aromatic ring is 1. The molecule has 1 aliphatic carbocycles. The molecule has 4 heteroatoms. The zero-order chi connectivity index (χ0) is 15.5. The normalized spacial score (nSPS) is 15.1. The van der Waals surface area contributed by atoms with Crippen LogP contribution in [0.25, 0.3) is 0 Å². The topological polar surface area (TPSA) is 67.1 Å². The number of nitrogens with one attached hydrogen (secondary N) is 2. The molecule has 4 nitrogen and oxygen atoms in total. The van der Waals surface area contributed by atoms with Crippen LogP contribution in [0.15, 0.2) is 48.5 Å². The SMILES string of the molecule is C[C@H](Nc1ccc(N)cc1C(=O)NC1CC1)c1ccccc1. The second-order valence-corrected chi connectivity index (χ2v) is 5.83. The van der Waals surface area contributed by atoms with Crippen LogP contribution in [0.1, 0.15) is 41.7 Å². The average molecular weight is 295 g/mol. The molecule has 1 saturated carbocycles. The van der Waals surface area contributed by atoms with E-state index in [1.165, 1.54) is 5.56 Å². The molecule has 0 saturated heterocycles. The van der Waals surface area contributed by atoms with Gasteiger partial charge >= 0.3 is 0 Å². The second-order valence-electron chi connectivity index (χ2n) is 5.83. The standard InChI is InChI=1S/C18H21N3O/c1-12(13-5-3-2-4-6-13)20-17-10-7-14(19)11-16(17)18(22)21-15-8-9-15/h2-7,10-12,15,20H,8-9,19H2,1H3,(H,21,22)/t12-/m0/s1. The summed E-state index contributed by atoms with van der Waals surface area (Å²) < 4.78 is 0. The zero-order valence-electron chi connectivity index (χ0n) is 12.7. The van der Waals surface area contributed by atoms with Crippen LogP contribution in [0, 0.1) is 0 Å². The molecule has 2 aromatic rings. The molecule has 0 aliphatic heterocycles. The van der Waals surface area contributed by atoms with E-state index in [1.807, 2.05) is 30.3 Å². The lowest BCUT2D eigenvalue weighted by Crippen LogP contribution is -2.26. The number of hydrogen-bond acceptors (Lipinski definition) is 3. The molecule has 0 heterocycles. The van der Waals surface area contributed by atoms with Crippen molar-refractivity contribution in [1.29, 1.82) is 0 Å². The van der Waals surface area contributed by atoms with Gasteiger partial charge in [0.05, 0.1) is 5.56 Å². The Labute approximate surface area is 130 Å². The van der Waals surface area contributed by atoms with Gasteiger partial charge in [-0.25, -0.2) is 0 Å². The number of amides is 1. The lowest BCUT2D eigenvalue weighted by Gasteiger charge is -2.18. The molecular weight excluding hydrogens is 274 g/mol. The minimum Gasteiger partial charge on any atom is -0.399 e. The molecule has 4 N–H and O–H groups in total. The molecule has 1 fully saturated rings. The smallest absolute Gasteiger partial charge is 0.253 e. The maximum absolute atomic E-state index is 12.4. The third kappa shape index (κ3) is 3.39. The Morgan fingerprint density at radius 3 is 2.59 bits per heavy atom. The van der Waals surface area contributed by atoms with Gasteiger partial charge in [-0.1, -0.05) is 30.3 Å². The first kappa shape index (κ1) is 14.4. The Hall–Kier alpha value is -2.49. The van der Waals surface area contributed by atoms with Crippen molar-refractivity contribution in [2.45, 2.75) is 31.8 Å². The van der Waals surface area contributed by atoms with Crippen LogP contribution < -0.4 is 16.4 Å². The van der Waals surface area contributed by atoms with Crippen molar-refractivity contribution in [3.63, 3.8) is 0 Å². The van der Waals surface area contributed by atoms with E-state index in [-0.39, 0.29) is 11.9 Å². The number of anilines is 2. The second kappa shape index (κ2) is 6.10. The van der Waals surface area contributed by atoms with Crippen molar-refractivity contribution in [2.24, 2.45) is 0 Å². The Kier molecular flexibility index (Phi) is 4.00. The number of nitrogens with two attached hydrogens (primary N) is 1. The Morgan fingerprint density at radius 2 is 1.91 bits per heavy atom. The molecule has 0 bridgehead atoms. The Bertz CT molecular complexity index is 665. The van der Waals surface area contributed by atoms with E-state index in [0.29, 0.717) is 17.3 Å². The summed E-state index contributed by atoms with van der Waals surface area (Å²) in [6, 6.07) is 16.0. The lowest BCUT2D eigenvalue weighted by molar-refractivity contribution is 0.0952. The van der Waals surface area contributed by atoms with Crippen LogP contribution >= 0.6 is 0 Å². The predicted molar refractivity (Wildman–Crippen MR) is 89.8 cm³/mol. The van der Waals surface area contributed by atoms with Crippen LogP contribution in [0.5, 0.6) is 0 Å². The number of rotatable bonds is 5. The van der Waals surface area contributed by atoms with Crippen molar-refractivity contribution in [3.05, 3.63) is 59.7 Å². The van der Waals surface area contributed by atoms with Crippen LogP contribution in [0.3, 0.4) is 0 Å². The fourth-order valence-electron chi connectivity index (χ4n) is 2.42. The lowest BCUT2D eigenvalue weighted by atomic mass is 10.1. The molecule has 0 aromatic heterocycles. The number of benzene rings is 2. The molecule has 2 aromatic carbocycles. The van der Waals surface area contributed by atoms with Gasteiger partial charge in [-0.05, 0) is 43.5 Å². The van der Waals surface area contributed by atoms with E-state index in [1.54, 1.807) is 6.07 Å². The molecule has 0 unspecified atom stereocenters. The molecule has 0 spiro atoms. The number of hydrogen-bond donors (Lipinski definition) is 3.